The topological polar surface area (TPSA) is 736 Å². The van der Waals surface area contributed by atoms with E-state index in [1.807, 2.05) is 0 Å². The molecule has 0 radical (unpaired) electrons. The molecule has 534 valence electrons. The molecule has 41 nitrogen and oxygen atoms in total. The third-order valence-electron chi connectivity index (χ3n) is 13.7. The predicted octanol–water partition coefficient (Wildman–Crippen LogP) is -9.80. The van der Waals surface area contributed by atoms with Crippen molar-refractivity contribution in [1.82, 2.24) is 52.2 Å². The molecule has 35 N–H and O–H groups in total. The Morgan fingerprint density at radius 3 is 1.02 bits per heavy atom. The zero-order chi connectivity index (χ0) is 72.1. The van der Waals surface area contributed by atoms with E-state index in [0.29, 0.717) is 10.8 Å². The lowest BCUT2D eigenvalue weighted by atomic mass is 10.0. The maximum atomic E-state index is 14.6. The van der Waals surface area contributed by atoms with Gasteiger partial charge in [0, 0.05) is 62.4 Å². The van der Waals surface area contributed by atoms with Gasteiger partial charge in [-0.3, -0.25) is 73.3 Å². The fourth-order valence-corrected chi connectivity index (χ4v) is 10.3. The summed E-state index contributed by atoms with van der Waals surface area (Å²) >= 11 is 0. The van der Waals surface area contributed by atoms with Gasteiger partial charge in [-0.1, -0.05) is 12.1 Å². The van der Waals surface area contributed by atoms with Crippen molar-refractivity contribution in [2.24, 2.45) is 98.8 Å². The minimum absolute atomic E-state index is 0.00315. The maximum Gasteiger partial charge on any atom is 0.326 e. The number of nitrogens with one attached hydrogen (secondary N) is 9. The number of pyridine rings is 1. The van der Waals surface area contributed by atoms with E-state index in [2.05, 4.69) is 82.2 Å². The molecule has 0 saturated heterocycles. The largest absolute Gasteiger partial charge is 0.480 e. The summed E-state index contributed by atoms with van der Waals surface area (Å²) in [6, 6.07) is -7.92. The van der Waals surface area contributed by atoms with Crippen LogP contribution in [0.2, 0.25) is 0 Å². The highest BCUT2D eigenvalue weighted by molar-refractivity contribution is 7.89. The monoisotopic (exact) mass is 1370 g/mol. The van der Waals surface area contributed by atoms with Crippen molar-refractivity contribution in [3.05, 3.63) is 36.7 Å². The molecule has 2 aromatic rings. The standard InChI is InChI=1S/C54H94N28O13S/c1-28(74-41(85)29(2)82-96(94,95)39-17-3-10-30-26-67-25-18-31(30)39)40(84)81-38(27-83)47(91)79-35(14-7-22-71-52(61)62)45(89)77-33(12-5-20-69-50(57)58)43(87)75-32(11-4-19-68-49(55)56)42(86)76-34(13-6-21-70-51(59)60)44(88)78-36(15-8-23-72-53(63)64)46(90)80-37(48(92)93)16-9-24-73-54(65)66/h3,10,17-18,25-26,28-29,32-38,82-83H,4-9,11-16,19-24,27H2,1-2H3,(H,74,85)(H,75,87)(H,76,86)(H,77,89)(H,78,88)(H,79,91)(H,80,90)(H,81,84)(H,92,93)(H4,55,56,68)(H4,57,58,69)(H4,59,60,70)(H4,61,62,71)(H4,63,64,72)(H4,65,66,73)/t28-,29-,32-,33-,34-,35-,36-,37-,38-/m0/s1. The van der Waals surface area contributed by atoms with Crippen molar-refractivity contribution in [1.29, 1.82) is 0 Å². The van der Waals surface area contributed by atoms with Crippen molar-refractivity contribution < 1.29 is 61.8 Å². The van der Waals surface area contributed by atoms with E-state index in [1.165, 1.54) is 44.4 Å². The van der Waals surface area contributed by atoms with Gasteiger partial charge < -0.3 is 122 Å². The summed E-state index contributed by atoms with van der Waals surface area (Å²) < 4.78 is 29.1. The number of carbonyl (C=O) groups is 9. The Morgan fingerprint density at radius 2 is 0.708 bits per heavy atom. The molecule has 0 unspecified atom stereocenters. The van der Waals surface area contributed by atoms with Crippen LogP contribution in [-0.2, 0) is 53.2 Å². The number of rotatable bonds is 45. The number of hydrogen-bond acceptors (Lipinski definition) is 19. The van der Waals surface area contributed by atoms with Crippen LogP contribution in [-0.4, -0.2) is 213 Å². The van der Waals surface area contributed by atoms with Gasteiger partial charge in [-0.15, -0.1) is 0 Å². The smallest absolute Gasteiger partial charge is 0.326 e. The molecule has 9 atom stereocenters. The summed E-state index contributed by atoms with van der Waals surface area (Å²) in [7, 11) is -4.31. The number of aliphatic hydroxyl groups is 1. The molecule has 2 rings (SSSR count). The zero-order valence-electron chi connectivity index (χ0n) is 53.4. The number of aliphatic hydroxyl groups excluding tert-OH is 1. The molecule has 1 aromatic heterocycles. The third-order valence-corrected chi connectivity index (χ3v) is 15.3. The van der Waals surface area contributed by atoms with Gasteiger partial charge in [-0.25, -0.2) is 13.2 Å². The highest BCUT2D eigenvalue weighted by Gasteiger charge is 2.35. The number of aliphatic carboxylic acids is 1. The maximum absolute atomic E-state index is 14.6. The summed E-state index contributed by atoms with van der Waals surface area (Å²) in [5.74, 6) is -11.2. The second-order valence-corrected chi connectivity index (χ2v) is 23.3. The molecule has 0 fully saturated rings. The van der Waals surface area contributed by atoms with Crippen LogP contribution in [0.1, 0.15) is 90.9 Å². The summed E-state index contributed by atoms with van der Waals surface area (Å²) in [6.07, 6.45) is 1.89. The van der Waals surface area contributed by atoms with E-state index >= 15 is 0 Å². The van der Waals surface area contributed by atoms with Gasteiger partial charge in [0.1, 0.15) is 48.3 Å². The zero-order valence-corrected chi connectivity index (χ0v) is 54.3. The number of sulfonamides is 1. The van der Waals surface area contributed by atoms with Crippen LogP contribution in [0.4, 0.5) is 0 Å². The third kappa shape index (κ3) is 31.8. The summed E-state index contributed by atoms with van der Waals surface area (Å²) in [5, 5.41) is 41.0. The Hall–Kier alpha value is -10.6. The predicted molar refractivity (Wildman–Crippen MR) is 357 cm³/mol. The van der Waals surface area contributed by atoms with Gasteiger partial charge in [0.05, 0.1) is 17.5 Å². The Labute approximate surface area is 553 Å². The van der Waals surface area contributed by atoms with E-state index in [-0.39, 0.29) is 157 Å². The molecule has 1 aromatic carbocycles. The average molecular weight is 1380 g/mol. The summed E-state index contributed by atoms with van der Waals surface area (Å²) in [6.45, 7) is 1.09. The van der Waals surface area contributed by atoms with E-state index < -0.39 is 124 Å². The van der Waals surface area contributed by atoms with Crippen LogP contribution in [0.3, 0.4) is 0 Å². The van der Waals surface area contributed by atoms with E-state index in [0.717, 1.165) is 0 Å². The minimum atomic E-state index is -4.31. The van der Waals surface area contributed by atoms with Crippen molar-refractivity contribution >= 4 is 110 Å². The van der Waals surface area contributed by atoms with Crippen molar-refractivity contribution in [2.75, 3.05) is 45.9 Å². The van der Waals surface area contributed by atoms with Gasteiger partial charge in [-0.2, -0.15) is 4.72 Å². The lowest BCUT2D eigenvalue weighted by molar-refractivity contribution is -0.142. The first-order valence-corrected chi connectivity index (χ1v) is 31.7. The van der Waals surface area contributed by atoms with Crippen molar-refractivity contribution in [3.63, 3.8) is 0 Å². The SMILES string of the molecule is C[C@H](NC(=O)[C@H](C)NS(=O)(=O)c1cccc2cnccc12)C(=O)N[C@@H](CO)C(=O)N[C@@H](CCCN=C(N)N)C(=O)N[C@@H](CCCN=C(N)N)C(=O)N[C@@H](CCCN=C(N)N)C(=O)N[C@@H](CCCN=C(N)N)C(=O)N[C@@H](CCCN=C(N)N)C(=O)N[C@@H](CCCN=C(N)N)C(=O)O. The number of benzene rings is 1. The quantitative estimate of drug-likeness (QED) is 0.0166. The first kappa shape index (κ1) is 81.4. The lowest BCUT2D eigenvalue weighted by Crippen LogP contribution is -2.60. The first-order valence-electron chi connectivity index (χ1n) is 30.2. The molecule has 0 bridgehead atoms. The number of carboxylic acids is 1. The Kier molecular flexibility index (Phi) is 36.1. The Balaban J connectivity index is 2.54. The number of fused-ring (bicyclic) bond motifs is 1. The molecule has 96 heavy (non-hydrogen) atoms. The fourth-order valence-electron chi connectivity index (χ4n) is 8.83. The molecular weight excluding hydrogens is 1280 g/mol. The van der Waals surface area contributed by atoms with Crippen LogP contribution in [0.25, 0.3) is 10.8 Å². The highest BCUT2D eigenvalue weighted by atomic mass is 32.2. The first-order chi connectivity index (χ1) is 45.3. The van der Waals surface area contributed by atoms with Gasteiger partial charge in [-0.05, 0) is 103 Å². The number of guanidine groups is 6. The second-order valence-electron chi connectivity index (χ2n) is 21.6. The number of aliphatic imine (C=N–C) groups is 6. The van der Waals surface area contributed by atoms with Crippen LogP contribution in [0, 0.1) is 0 Å². The number of carboxylic acid groups (broad SMARTS) is 1. The van der Waals surface area contributed by atoms with E-state index in [4.69, 9.17) is 68.8 Å². The van der Waals surface area contributed by atoms with Gasteiger partial charge >= 0.3 is 5.97 Å². The van der Waals surface area contributed by atoms with Crippen LogP contribution >= 0.6 is 0 Å². The highest BCUT2D eigenvalue weighted by Crippen LogP contribution is 2.22. The molecule has 0 spiro atoms. The number of nitrogens with zero attached hydrogens (tertiary/aromatic N) is 7. The number of aromatic nitrogens is 1. The average Bonchev–Trinajstić information content (AvgIpc) is 0.792. The van der Waals surface area contributed by atoms with Crippen LogP contribution in [0.5, 0.6) is 0 Å². The normalized spacial score (nSPS) is 13.8. The molecule has 0 aliphatic heterocycles. The molecule has 0 saturated carbocycles. The van der Waals surface area contributed by atoms with Crippen LogP contribution in [0.15, 0.2) is 71.5 Å². The van der Waals surface area contributed by atoms with Crippen molar-refractivity contribution in [3.8, 4) is 0 Å². The van der Waals surface area contributed by atoms with Gasteiger partial charge in [0.2, 0.25) is 57.3 Å². The Bertz CT molecular complexity index is 3230. The number of nitrogens with two attached hydrogens (primary N) is 12. The number of carbonyl (C=O) groups excluding carboxylic acids is 8. The number of hydrogen-bond donors (Lipinski definition) is 23. The second kappa shape index (κ2) is 42.6. The van der Waals surface area contributed by atoms with Crippen molar-refractivity contribution in [2.45, 2.75) is 150 Å². The van der Waals surface area contributed by atoms with E-state index in [1.54, 1.807) is 6.07 Å². The molecule has 0 aliphatic rings. The molecule has 1 heterocycles. The van der Waals surface area contributed by atoms with Gasteiger partial charge in [0.15, 0.2) is 35.8 Å². The number of amides is 8. The van der Waals surface area contributed by atoms with E-state index in [9.17, 15) is 61.8 Å². The fraction of sp³-hybridized carbons (Fsp3) is 0.556. The minimum Gasteiger partial charge on any atom is -0.480 e. The molecule has 8 amide bonds. The van der Waals surface area contributed by atoms with Gasteiger partial charge in [0.25, 0.3) is 0 Å². The molecule has 0 aliphatic carbocycles. The molecule has 42 heteroatoms. The lowest BCUT2D eigenvalue weighted by Gasteiger charge is -2.28. The Morgan fingerprint density at radius 1 is 0.417 bits per heavy atom. The molecular formula is C54H94N28O13S. The summed E-state index contributed by atoms with van der Waals surface area (Å²) in [4.78, 5) is 152. The summed E-state index contributed by atoms with van der Waals surface area (Å²) in [5.41, 5.74) is 66.1. The van der Waals surface area contributed by atoms with Crippen LogP contribution < -0.4 is 116 Å².